The van der Waals surface area contributed by atoms with E-state index in [1.165, 1.54) is 0 Å². The largest absolute Gasteiger partial charge is 0.379 e. The van der Waals surface area contributed by atoms with Gasteiger partial charge in [0.05, 0.1) is 17.2 Å². The number of nitro groups is 1. The molecule has 0 spiro atoms. The molecule has 2 N–H and O–H groups in total. The highest BCUT2D eigenvalue weighted by molar-refractivity contribution is 5.47. The molecule has 1 aromatic rings. The Kier molecular flexibility index (Phi) is 3.32. The van der Waals surface area contributed by atoms with E-state index in [1.54, 1.807) is 20.0 Å². The lowest BCUT2D eigenvalue weighted by molar-refractivity contribution is -0.386. The lowest BCUT2D eigenvalue weighted by Crippen LogP contribution is -2.43. The maximum atomic E-state index is 11.0. The van der Waals surface area contributed by atoms with Crippen LogP contribution in [0.25, 0.3) is 0 Å². The molecule has 1 atom stereocenters. The van der Waals surface area contributed by atoms with Gasteiger partial charge in [-0.25, -0.2) is 0 Å². The monoisotopic (exact) mass is 251 g/mol. The summed E-state index contributed by atoms with van der Waals surface area (Å²) in [5.74, 6) is 0. The van der Waals surface area contributed by atoms with Crippen LogP contribution in [0.1, 0.15) is 23.2 Å². The van der Waals surface area contributed by atoms with E-state index in [4.69, 9.17) is 10.5 Å². The third-order valence-corrected chi connectivity index (χ3v) is 3.41. The van der Waals surface area contributed by atoms with Crippen molar-refractivity contribution in [2.45, 2.75) is 32.2 Å². The summed E-state index contributed by atoms with van der Waals surface area (Å²) < 4.78 is 5.29. The van der Waals surface area contributed by atoms with Crippen LogP contribution in [0, 0.1) is 24.0 Å². The molecule has 1 aliphatic rings. The van der Waals surface area contributed by atoms with E-state index in [2.05, 4.69) is 4.98 Å². The highest BCUT2D eigenvalue weighted by Crippen LogP contribution is 2.28. The molecular formula is C12H17N3O3. The Hall–Kier alpha value is -1.53. The molecule has 1 saturated heterocycles. The second-order valence-corrected chi connectivity index (χ2v) is 4.96. The normalized spacial score (nSPS) is 23.3. The molecular weight excluding hydrogens is 234 g/mol. The lowest BCUT2D eigenvalue weighted by Gasteiger charge is -2.22. The van der Waals surface area contributed by atoms with Gasteiger partial charge in [0.15, 0.2) is 0 Å². The topological polar surface area (TPSA) is 91.3 Å². The molecule has 0 aliphatic carbocycles. The fraction of sp³-hybridized carbons (Fsp3) is 0.583. The summed E-state index contributed by atoms with van der Waals surface area (Å²) in [7, 11) is 0. The average Bonchev–Trinajstić information content (AvgIpc) is 2.69. The third-order valence-electron chi connectivity index (χ3n) is 3.41. The van der Waals surface area contributed by atoms with E-state index in [1.807, 2.05) is 0 Å². The van der Waals surface area contributed by atoms with Gasteiger partial charge in [-0.1, -0.05) is 0 Å². The van der Waals surface area contributed by atoms with Gasteiger partial charge in [-0.05, 0) is 20.3 Å². The molecule has 0 saturated carbocycles. The van der Waals surface area contributed by atoms with Crippen LogP contribution in [-0.4, -0.2) is 28.7 Å². The maximum absolute atomic E-state index is 11.0. The van der Waals surface area contributed by atoms with Crippen molar-refractivity contribution in [1.82, 2.24) is 4.98 Å². The van der Waals surface area contributed by atoms with Gasteiger partial charge in [0.1, 0.15) is 0 Å². The summed E-state index contributed by atoms with van der Waals surface area (Å²) in [4.78, 5) is 15.0. The van der Waals surface area contributed by atoms with Crippen LogP contribution in [0.5, 0.6) is 0 Å². The summed E-state index contributed by atoms with van der Waals surface area (Å²) in [6.07, 6.45) is 2.81. The fourth-order valence-corrected chi connectivity index (χ4v) is 2.32. The zero-order valence-corrected chi connectivity index (χ0v) is 10.6. The number of aromatic nitrogens is 1. The minimum atomic E-state index is -0.444. The Bertz CT molecular complexity index is 482. The Morgan fingerprint density at radius 3 is 2.89 bits per heavy atom. The van der Waals surface area contributed by atoms with Crippen molar-refractivity contribution in [1.29, 1.82) is 0 Å². The second kappa shape index (κ2) is 4.62. The summed E-state index contributed by atoms with van der Waals surface area (Å²) in [5.41, 5.74) is 7.77. The first-order chi connectivity index (χ1) is 8.43. The van der Waals surface area contributed by atoms with Gasteiger partial charge >= 0.3 is 0 Å². The van der Waals surface area contributed by atoms with Gasteiger partial charge in [0, 0.05) is 35.9 Å². The van der Waals surface area contributed by atoms with Crippen LogP contribution in [0.4, 0.5) is 5.69 Å². The third kappa shape index (κ3) is 2.34. The molecule has 0 bridgehead atoms. The van der Waals surface area contributed by atoms with Crippen molar-refractivity contribution in [3.63, 3.8) is 0 Å². The quantitative estimate of drug-likeness (QED) is 0.645. The number of nitrogens with two attached hydrogens (primary N) is 1. The zero-order chi connectivity index (χ0) is 13.3. The first-order valence-electron chi connectivity index (χ1n) is 5.89. The molecule has 0 amide bonds. The van der Waals surface area contributed by atoms with Gasteiger partial charge in [0.25, 0.3) is 5.69 Å². The van der Waals surface area contributed by atoms with E-state index in [9.17, 15) is 10.1 Å². The summed E-state index contributed by atoms with van der Waals surface area (Å²) >= 11 is 0. The number of hydrogen-bond donors (Lipinski definition) is 1. The van der Waals surface area contributed by atoms with E-state index >= 15 is 0 Å². The van der Waals surface area contributed by atoms with Gasteiger partial charge < -0.3 is 10.5 Å². The minimum Gasteiger partial charge on any atom is -0.379 e. The Morgan fingerprint density at radius 2 is 2.33 bits per heavy atom. The number of rotatable bonds is 3. The molecule has 2 rings (SSSR count). The predicted molar refractivity (Wildman–Crippen MR) is 66.4 cm³/mol. The molecule has 18 heavy (non-hydrogen) atoms. The molecule has 1 aromatic heterocycles. The average molecular weight is 251 g/mol. The zero-order valence-electron chi connectivity index (χ0n) is 10.6. The number of nitrogens with zero attached hydrogens (tertiary/aromatic N) is 2. The van der Waals surface area contributed by atoms with Crippen LogP contribution in [0.3, 0.4) is 0 Å². The molecule has 6 heteroatoms. The van der Waals surface area contributed by atoms with Crippen LogP contribution in [0.2, 0.25) is 0 Å². The Labute approximate surface area is 105 Å². The number of hydrogen-bond acceptors (Lipinski definition) is 5. The van der Waals surface area contributed by atoms with Gasteiger partial charge in [-0.3, -0.25) is 15.1 Å². The SMILES string of the molecule is Cc1cnc(CC2(N)CCOC2)c(C)c1[N+](=O)[O-]. The highest BCUT2D eigenvalue weighted by atomic mass is 16.6. The second-order valence-electron chi connectivity index (χ2n) is 4.96. The molecule has 0 radical (unpaired) electrons. The number of ether oxygens (including phenoxy) is 1. The van der Waals surface area contributed by atoms with Crippen molar-refractivity contribution < 1.29 is 9.66 Å². The predicted octanol–water partition coefficient (Wildman–Crippen LogP) is 1.27. The van der Waals surface area contributed by atoms with E-state index in [0.717, 1.165) is 6.42 Å². The van der Waals surface area contributed by atoms with Crippen molar-refractivity contribution in [2.24, 2.45) is 5.73 Å². The summed E-state index contributed by atoms with van der Waals surface area (Å²) in [6, 6.07) is 0. The molecule has 1 fully saturated rings. The van der Waals surface area contributed by atoms with Crippen LogP contribution >= 0.6 is 0 Å². The Morgan fingerprint density at radius 1 is 1.61 bits per heavy atom. The lowest BCUT2D eigenvalue weighted by atomic mass is 9.91. The highest BCUT2D eigenvalue weighted by Gasteiger charge is 2.32. The van der Waals surface area contributed by atoms with E-state index in [0.29, 0.717) is 36.5 Å². The molecule has 1 unspecified atom stereocenters. The standard InChI is InChI=1S/C12H17N3O3/c1-8-6-14-10(9(2)11(8)15(16)17)5-12(13)3-4-18-7-12/h6H,3-5,7,13H2,1-2H3. The van der Waals surface area contributed by atoms with Crippen molar-refractivity contribution in [3.05, 3.63) is 33.1 Å². The van der Waals surface area contributed by atoms with Crippen LogP contribution in [0.15, 0.2) is 6.20 Å². The van der Waals surface area contributed by atoms with Crippen molar-refractivity contribution in [2.75, 3.05) is 13.2 Å². The maximum Gasteiger partial charge on any atom is 0.278 e. The first-order valence-corrected chi connectivity index (χ1v) is 5.89. The molecule has 1 aliphatic heterocycles. The van der Waals surface area contributed by atoms with E-state index < -0.39 is 5.54 Å². The molecule has 0 aromatic carbocycles. The minimum absolute atomic E-state index is 0.141. The summed E-state index contributed by atoms with van der Waals surface area (Å²) in [6.45, 7) is 4.55. The van der Waals surface area contributed by atoms with Crippen LogP contribution < -0.4 is 5.73 Å². The fourth-order valence-electron chi connectivity index (χ4n) is 2.32. The van der Waals surface area contributed by atoms with E-state index in [-0.39, 0.29) is 10.6 Å². The van der Waals surface area contributed by atoms with Crippen LogP contribution in [-0.2, 0) is 11.2 Å². The summed E-state index contributed by atoms with van der Waals surface area (Å²) in [5, 5.41) is 11.0. The molecule has 6 nitrogen and oxygen atoms in total. The van der Waals surface area contributed by atoms with Gasteiger partial charge in [-0.15, -0.1) is 0 Å². The molecule has 2 heterocycles. The molecule has 98 valence electrons. The van der Waals surface area contributed by atoms with Gasteiger partial charge in [0.2, 0.25) is 0 Å². The first kappa shape index (κ1) is 12.9. The number of aryl methyl sites for hydroxylation is 1. The van der Waals surface area contributed by atoms with Crippen molar-refractivity contribution >= 4 is 5.69 Å². The Balaban J connectivity index is 2.34. The van der Waals surface area contributed by atoms with Gasteiger partial charge in [-0.2, -0.15) is 0 Å². The smallest absolute Gasteiger partial charge is 0.278 e. The van der Waals surface area contributed by atoms with Crippen molar-refractivity contribution in [3.8, 4) is 0 Å². The number of pyridine rings is 1.